The molecule has 4 aliphatic rings. The number of aliphatic imine (C=N–C) groups is 1. The lowest BCUT2D eigenvalue weighted by atomic mass is 9.94. The lowest BCUT2D eigenvalue weighted by Crippen LogP contribution is -2.49. The van der Waals surface area contributed by atoms with Crippen molar-refractivity contribution in [2.75, 3.05) is 53.0 Å². The highest BCUT2D eigenvalue weighted by atomic mass is 16.5. The van der Waals surface area contributed by atoms with Crippen LogP contribution in [0.4, 0.5) is 5.69 Å². The van der Waals surface area contributed by atoms with Gasteiger partial charge in [-0.1, -0.05) is 37.4 Å². The van der Waals surface area contributed by atoms with Crippen molar-refractivity contribution in [1.29, 1.82) is 0 Å². The Labute approximate surface area is 261 Å². The Bertz CT molecular complexity index is 1740. The number of nitrogens with zero attached hydrogens (tertiary/aromatic N) is 5. The molecule has 1 atom stereocenters. The van der Waals surface area contributed by atoms with Gasteiger partial charge in [0.1, 0.15) is 6.61 Å². The number of benzene rings is 3. The largest absolute Gasteiger partial charge is 0.493 e. The Hall–Kier alpha value is -4.96. The van der Waals surface area contributed by atoms with Gasteiger partial charge < -0.3 is 19.3 Å². The summed E-state index contributed by atoms with van der Waals surface area (Å²) >= 11 is 0. The highest BCUT2D eigenvalue weighted by molar-refractivity contribution is 6.26. The number of rotatable bonds is 8. The van der Waals surface area contributed by atoms with Crippen LogP contribution in [0.25, 0.3) is 10.8 Å². The van der Waals surface area contributed by atoms with Crippen molar-refractivity contribution in [2.45, 2.75) is 18.9 Å². The molecule has 10 nitrogen and oxygen atoms in total. The second-order valence-corrected chi connectivity index (χ2v) is 11.8. The summed E-state index contributed by atoms with van der Waals surface area (Å²) in [6, 6.07) is 14.6. The molecular formula is C35H35N5O5. The molecule has 0 bridgehead atoms. The average Bonchev–Trinajstić information content (AvgIpc) is 3.49. The molecule has 0 unspecified atom stereocenters. The SMILES string of the molecule is C=C(COc1cc2c(cc1OC)C(=O)N1CCC[C@H]1C=N2)N1CCN(CC(=C)N2C(=O)c3cccc4cccc(c34)C2=O)CC1. The molecule has 230 valence electrons. The summed E-state index contributed by atoms with van der Waals surface area (Å²) in [7, 11) is 1.56. The van der Waals surface area contributed by atoms with Crippen molar-refractivity contribution >= 4 is 40.4 Å². The fraction of sp³-hybridized carbons (Fsp3) is 0.314. The zero-order chi connectivity index (χ0) is 31.2. The lowest BCUT2D eigenvalue weighted by molar-refractivity contribution is 0.0640. The maximum atomic E-state index is 13.4. The Morgan fingerprint density at radius 3 is 2.27 bits per heavy atom. The summed E-state index contributed by atoms with van der Waals surface area (Å²) in [6.45, 7) is 12.6. The van der Waals surface area contributed by atoms with E-state index in [4.69, 9.17) is 9.47 Å². The van der Waals surface area contributed by atoms with Gasteiger partial charge in [-0.3, -0.25) is 24.3 Å². The third kappa shape index (κ3) is 5.04. The predicted octanol–water partition coefficient (Wildman–Crippen LogP) is 4.49. The summed E-state index contributed by atoms with van der Waals surface area (Å²) in [5.41, 5.74) is 3.42. The molecular weight excluding hydrogens is 570 g/mol. The number of piperazine rings is 1. The van der Waals surface area contributed by atoms with Crippen molar-refractivity contribution in [2.24, 2.45) is 4.99 Å². The number of hydrogen-bond acceptors (Lipinski definition) is 8. The van der Waals surface area contributed by atoms with Crippen LogP contribution in [0.3, 0.4) is 0 Å². The molecule has 0 aromatic heterocycles. The summed E-state index contributed by atoms with van der Waals surface area (Å²) in [6.07, 6.45) is 3.76. The Kier molecular flexibility index (Phi) is 7.37. The molecule has 4 aliphatic heterocycles. The molecule has 0 saturated carbocycles. The molecule has 4 heterocycles. The van der Waals surface area contributed by atoms with Crippen LogP contribution in [0.15, 0.2) is 78.1 Å². The van der Waals surface area contributed by atoms with E-state index in [1.54, 1.807) is 31.4 Å². The first-order chi connectivity index (χ1) is 21.8. The van der Waals surface area contributed by atoms with Crippen molar-refractivity contribution < 1.29 is 23.9 Å². The van der Waals surface area contributed by atoms with E-state index in [0.717, 1.165) is 30.5 Å². The van der Waals surface area contributed by atoms with Gasteiger partial charge in [0.25, 0.3) is 17.7 Å². The molecule has 0 radical (unpaired) electrons. The molecule has 3 aromatic rings. The fourth-order valence-electron chi connectivity index (χ4n) is 6.74. The average molecular weight is 606 g/mol. The highest BCUT2D eigenvalue weighted by Crippen LogP contribution is 2.38. The zero-order valence-electron chi connectivity index (χ0n) is 25.3. The van der Waals surface area contributed by atoms with Gasteiger partial charge in [-0.2, -0.15) is 0 Å². The van der Waals surface area contributed by atoms with Crippen LogP contribution in [-0.2, 0) is 0 Å². The van der Waals surface area contributed by atoms with Crippen LogP contribution in [-0.4, -0.2) is 103 Å². The van der Waals surface area contributed by atoms with Crippen molar-refractivity contribution in [3.05, 3.63) is 89.8 Å². The number of imide groups is 1. The Morgan fingerprint density at radius 1 is 0.867 bits per heavy atom. The van der Waals surface area contributed by atoms with Crippen LogP contribution < -0.4 is 9.47 Å². The van der Waals surface area contributed by atoms with E-state index in [1.807, 2.05) is 35.4 Å². The normalized spacial score (nSPS) is 19.4. The Balaban J connectivity index is 0.959. The molecule has 0 N–H and O–H groups in total. The third-order valence-electron chi connectivity index (χ3n) is 9.17. The van der Waals surface area contributed by atoms with Gasteiger partial charge in [-0.15, -0.1) is 0 Å². The number of methoxy groups -OCH3 is 1. The van der Waals surface area contributed by atoms with Gasteiger partial charge in [0.2, 0.25) is 0 Å². The molecule has 7 rings (SSSR count). The van der Waals surface area contributed by atoms with Crippen molar-refractivity contribution in [1.82, 2.24) is 19.6 Å². The minimum Gasteiger partial charge on any atom is -0.493 e. The van der Waals surface area contributed by atoms with Crippen LogP contribution in [0.2, 0.25) is 0 Å². The van der Waals surface area contributed by atoms with E-state index < -0.39 is 0 Å². The molecule has 3 amide bonds. The van der Waals surface area contributed by atoms with Crippen LogP contribution in [0, 0.1) is 0 Å². The third-order valence-corrected chi connectivity index (χ3v) is 9.17. The number of fused-ring (bicyclic) bond motifs is 2. The fourth-order valence-corrected chi connectivity index (χ4v) is 6.74. The smallest absolute Gasteiger partial charge is 0.265 e. The Morgan fingerprint density at radius 2 is 1.58 bits per heavy atom. The minimum atomic E-state index is -0.331. The summed E-state index contributed by atoms with van der Waals surface area (Å²) < 4.78 is 11.7. The summed E-state index contributed by atoms with van der Waals surface area (Å²) in [4.78, 5) is 52.0. The van der Waals surface area contributed by atoms with E-state index in [9.17, 15) is 14.4 Å². The van der Waals surface area contributed by atoms with E-state index in [1.165, 1.54) is 4.90 Å². The quantitative estimate of drug-likeness (QED) is 0.349. The maximum absolute atomic E-state index is 13.4. The van der Waals surface area contributed by atoms with Gasteiger partial charge in [-0.25, -0.2) is 4.90 Å². The molecule has 3 aromatic carbocycles. The van der Waals surface area contributed by atoms with Crippen molar-refractivity contribution in [3.63, 3.8) is 0 Å². The lowest BCUT2D eigenvalue weighted by Gasteiger charge is -2.38. The van der Waals surface area contributed by atoms with E-state index in [0.29, 0.717) is 77.7 Å². The van der Waals surface area contributed by atoms with E-state index in [-0.39, 0.29) is 30.4 Å². The first-order valence-corrected chi connectivity index (χ1v) is 15.3. The predicted molar refractivity (Wildman–Crippen MR) is 171 cm³/mol. The molecule has 0 aliphatic carbocycles. The van der Waals surface area contributed by atoms with Gasteiger partial charge in [0.05, 0.1) is 24.4 Å². The van der Waals surface area contributed by atoms with Crippen LogP contribution >= 0.6 is 0 Å². The van der Waals surface area contributed by atoms with Gasteiger partial charge in [0.15, 0.2) is 11.5 Å². The van der Waals surface area contributed by atoms with Crippen LogP contribution in [0.5, 0.6) is 11.5 Å². The molecule has 2 saturated heterocycles. The number of hydrogen-bond donors (Lipinski definition) is 0. The van der Waals surface area contributed by atoms with Crippen molar-refractivity contribution in [3.8, 4) is 11.5 Å². The first kappa shape index (κ1) is 28.8. The van der Waals surface area contributed by atoms with Gasteiger partial charge in [-0.05, 0) is 36.4 Å². The molecule has 2 fully saturated rings. The number of carbonyl (C=O) groups excluding carboxylic acids is 3. The second-order valence-electron chi connectivity index (χ2n) is 11.8. The number of amides is 3. The summed E-state index contributed by atoms with van der Waals surface area (Å²) in [5.74, 6) is 0.291. The standard InChI is InChI=1S/C35H35N5O5/c1-22(40-34(42)26-10-4-7-24-8-5-11-27(32(24)26)35(40)43)20-37-13-15-38(16-14-37)23(2)21-45-31-18-29-28(17-30(31)44-3)33(41)39-12-6-9-25(39)19-36-29/h4-5,7-8,10-11,17-19,25H,1-2,6,9,12-16,20-21H2,3H3/t25-/m0/s1. The summed E-state index contributed by atoms with van der Waals surface area (Å²) in [5, 5.41) is 1.58. The zero-order valence-corrected chi connectivity index (χ0v) is 25.3. The molecule has 45 heavy (non-hydrogen) atoms. The number of ether oxygens (including phenoxy) is 2. The number of carbonyl (C=O) groups is 3. The monoisotopic (exact) mass is 605 g/mol. The molecule has 10 heteroatoms. The molecule has 0 spiro atoms. The maximum Gasteiger partial charge on any atom is 0.265 e. The van der Waals surface area contributed by atoms with Crippen LogP contribution in [0.1, 0.15) is 43.9 Å². The topological polar surface area (TPSA) is 95.0 Å². The first-order valence-electron chi connectivity index (χ1n) is 15.3. The minimum absolute atomic E-state index is 0.0309. The second kappa shape index (κ2) is 11.5. The highest BCUT2D eigenvalue weighted by Gasteiger charge is 2.35. The van der Waals surface area contributed by atoms with E-state index >= 15 is 0 Å². The van der Waals surface area contributed by atoms with E-state index in [2.05, 4.69) is 28.0 Å². The van der Waals surface area contributed by atoms with Gasteiger partial charge in [0, 0.05) is 79.5 Å². The van der Waals surface area contributed by atoms with Gasteiger partial charge >= 0.3 is 0 Å².